The van der Waals surface area contributed by atoms with Crippen LogP contribution in [0, 0.1) is 0 Å². The van der Waals surface area contributed by atoms with E-state index in [0.29, 0.717) is 6.54 Å². The second-order valence-electron chi connectivity index (χ2n) is 4.65. The molecular weight excluding hydrogens is 240 g/mol. The predicted octanol–water partition coefficient (Wildman–Crippen LogP) is 1.20. The lowest BCUT2D eigenvalue weighted by atomic mass is 10.2. The first-order valence-electron chi connectivity index (χ1n) is 6.47. The standard InChI is InChI=1S/C13H20N6/c1-3-7-19(10-13-15-17-18(2)16-13)9-11-5-4-6-12(14)8-11/h4-6,8H,3,7,9-10,14H2,1-2H3. The largest absolute Gasteiger partial charge is 0.399 e. The topological polar surface area (TPSA) is 72.9 Å². The average molecular weight is 260 g/mol. The fourth-order valence-corrected chi connectivity index (χ4v) is 2.07. The number of nitrogen functional groups attached to an aromatic ring is 1. The van der Waals surface area contributed by atoms with Crippen molar-refractivity contribution >= 4 is 5.69 Å². The van der Waals surface area contributed by atoms with Gasteiger partial charge in [0.25, 0.3) is 0 Å². The molecule has 19 heavy (non-hydrogen) atoms. The van der Waals surface area contributed by atoms with Crippen molar-refractivity contribution in [3.63, 3.8) is 0 Å². The third kappa shape index (κ3) is 4.03. The Labute approximate surface area is 113 Å². The molecule has 0 unspecified atom stereocenters. The summed E-state index contributed by atoms with van der Waals surface area (Å²) in [5.41, 5.74) is 7.81. The average Bonchev–Trinajstić information content (AvgIpc) is 2.75. The number of aryl methyl sites for hydroxylation is 1. The van der Waals surface area contributed by atoms with E-state index in [2.05, 4.69) is 33.3 Å². The van der Waals surface area contributed by atoms with Gasteiger partial charge in [-0.1, -0.05) is 19.1 Å². The number of nitrogens with two attached hydrogens (primary N) is 1. The van der Waals surface area contributed by atoms with Gasteiger partial charge in [0.05, 0.1) is 13.6 Å². The lowest BCUT2D eigenvalue weighted by Crippen LogP contribution is -2.24. The molecule has 1 aromatic heterocycles. The third-order valence-electron chi connectivity index (χ3n) is 2.81. The molecule has 0 atom stereocenters. The Morgan fingerprint density at radius 2 is 2.16 bits per heavy atom. The highest BCUT2D eigenvalue weighted by Gasteiger charge is 2.10. The zero-order valence-corrected chi connectivity index (χ0v) is 11.5. The van der Waals surface area contributed by atoms with Crippen molar-refractivity contribution in [2.75, 3.05) is 12.3 Å². The van der Waals surface area contributed by atoms with Gasteiger partial charge in [-0.2, -0.15) is 4.80 Å². The van der Waals surface area contributed by atoms with Gasteiger partial charge in [0.15, 0.2) is 5.82 Å². The Bertz CT molecular complexity index is 521. The summed E-state index contributed by atoms with van der Waals surface area (Å²) in [6, 6.07) is 7.98. The molecule has 0 amide bonds. The molecule has 0 saturated heterocycles. The lowest BCUT2D eigenvalue weighted by Gasteiger charge is -2.20. The SMILES string of the molecule is CCCN(Cc1cccc(N)c1)Cc1nnn(C)n1. The molecule has 6 heteroatoms. The van der Waals surface area contributed by atoms with Crippen molar-refractivity contribution < 1.29 is 0 Å². The minimum Gasteiger partial charge on any atom is -0.399 e. The smallest absolute Gasteiger partial charge is 0.188 e. The summed E-state index contributed by atoms with van der Waals surface area (Å²) in [5, 5.41) is 12.1. The van der Waals surface area contributed by atoms with Gasteiger partial charge < -0.3 is 5.73 Å². The summed E-state index contributed by atoms with van der Waals surface area (Å²) in [6.07, 6.45) is 1.09. The summed E-state index contributed by atoms with van der Waals surface area (Å²) >= 11 is 0. The number of benzene rings is 1. The maximum absolute atomic E-state index is 5.81. The van der Waals surface area contributed by atoms with Crippen LogP contribution in [0.4, 0.5) is 5.69 Å². The quantitative estimate of drug-likeness (QED) is 0.790. The highest BCUT2D eigenvalue weighted by Crippen LogP contribution is 2.11. The van der Waals surface area contributed by atoms with Crippen molar-refractivity contribution in [3.05, 3.63) is 35.7 Å². The Kier molecular flexibility index (Phi) is 4.46. The maximum atomic E-state index is 5.81. The molecule has 2 N–H and O–H groups in total. The first-order chi connectivity index (χ1) is 9.17. The number of anilines is 1. The Morgan fingerprint density at radius 3 is 2.79 bits per heavy atom. The third-order valence-corrected chi connectivity index (χ3v) is 2.81. The van der Waals surface area contributed by atoms with E-state index in [0.717, 1.165) is 31.0 Å². The van der Waals surface area contributed by atoms with E-state index in [9.17, 15) is 0 Å². The predicted molar refractivity (Wildman–Crippen MR) is 74.1 cm³/mol. The van der Waals surface area contributed by atoms with Crippen molar-refractivity contribution in [3.8, 4) is 0 Å². The van der Waals surface area contributed by atoms with Gasteiger partial charge >= 0.3 is 0 Å². The summed E-state index contributed by atoms with van der Waals surface area (Å²) in [6.45, 7) is 4.71. The van der Waals surface area contributed by atoms with E-state index in [1.54, 1.807) is 7.05 Å². The molecule has 0 radical (unpaired) electrons. The summed E-state index contributed by atoms with van der Waals surface area (Å²) < 4.78 is 0. The molecule has 0 aliphatic rings. The minimum absolute atomic E-state index is 0.705. The van der Waals surface area contributed by atoms with E-state index in [4.69, 9.17) is 5.73 Å². The van der Waals surface area contributed by atoms with E-state index < -0.39 is 0 Å². The van der Waals surface area contributed by atoms with Crippen molar-refractivity contribution in [1.29, 1.82) is 0 Å². The molecule has 102 valence electrons. The number of aromatic nitrogens is 4. The van der Waals surface area contributed by atoms with Gasteiger partial charge in [0, 0.05) is 12.2 Å². The number of hydrogen-bond acceptors (Lipinski definition) is 5. The van der Waals surface area contributed by atoms with Gasteiger partial charge in [0.1, 0.15) is 0 Å². The number of tetrazole rings is 1. The second-order valence-corrected chi connectivity index (χ2v) is 4.65. The van der Waals surface area contributed by atoms with Crippen molar-refractivity contribution in [1.82, 2.24) is 25.1 Å². The minimum atomic E-state index is 0.705. The van der Waals surface area contributed by atoms with E-state index in [1.807, 2.05) is 18.2 Å². The maximum Gasteiger partial charge on any atom is 0.188 e. The second kappa shape index (κ2) is 6.29. The summed E-state index contributed by atoms with van der Waals surface area (Å²) in [4.78, 5) is 3.78. The number of rotatable bonds is 6. The first kappa shape index (κ1) is 13.5. The number of nitrogens with zero attached hydrogens (tertiary/aromatic N) is 5. The number of hydrogen-bond donors (Lipinski definition) is 1. The van der Waals surface area contributed by atoms with Gasteiger partial charge in [-0.25, -0.2) is 0 Å². The van der Waals surface area contributed by atoms with E-state index >= 15 is 0 Å². The molecular formula is C13H20N6. The highest BCUT2D eigenvalue weighted by atomic mass is 15.6. The highest BCUT2D eigenvalue weighted by molar-refractivity contribution is 5.40. The van der Waals surface area contributed by atoms with Crippen LogP contribution in [0.1, 0.15) is 24.7 Å². The summed E-state index contributed by atoms with van der Waals surface area (Å²) in [5.74, 6) is 0.750. The van der Waals surface area contributed by atoms with Crippen LogP contribution in [0.5, 0.6) is 0 Å². The molecule has 0 spiro atoms. The van der Waals surface area contributed by atoms with Crippen molar-refractivity contribution in [2.24, 2.45) is 7.05 Å². The molecule has 0 fully saturated rings. The van der Waals surface area contributed by atoms with E-state index in [-0.39, 0.29) is 0 Å². The molecule has 2 aromatic rings. The van der Waals surface area contributed by atoms with Crippen LogP contribution in [0.3, 0.4) is 0 Å². The molecule has 0 bridgehead atoms. The van der Waals surface area contributed by atoms with Crippen LogP contribution in [-0.4, -0.2) is 31.7 Å². The molecule has 0 aliphatic carbocycles. The molecule has 1 heterocycles. The zero-order valence-electron chi connectivity index (χ0n) is 11.5. The van der Waals surface area contributed by atoms with Crippen LogP contribution < -0.4 is 5.73 Å². The first-order valence-corrected chi connectivity index (χ1v) is 6.47. The van der Waals surface area contributed by atoms with Crippen LogP contribution in [0.2, 0.25) is 0 Å². The molecule has 2 rings (SSSR count). The summed E-state index contributed by atoms with van der Waals surface area (Å²) in [7, 11) is 1.78. The van der Waals surface area contributed by atoms with Gasteiger partial charge in [-0.15, -0.1) is 10.2 Å². The van der Waals surface area contributed by atoms with Crippen molar-refractivity contribution in [2.45, 2.75) is 26.4 Å². The van der Waals surface area contributed by atoms with Gasteiger partial charge in [0.2, 0.25) is 0 Å². The van der Waals surface area contributed by atoms with Crippen LogP contribution in [0.25, 0.3) is 0 Å². The molecule has 1 aromatic carbocycles. The zero-order chi connectivity index (χ0) is 13.7. The Morgan fingerprint density at radius 1 is 1.32 bits per heavy atom. The Balaban J connectivity index is 2.03. The Hall–Kier alpha value is -1.95. The van der Waals surface area contributed by atoms with Gasteiger partial charge in [-0.3, -0.25) is 4.90 Å². The normalized spacial score (nSPS) is 11.1. The van der Waals surface area contributed by atoms with E-state index in [1.165, 1.54) is 10.4 Å². The lowest BCUT2D eigenvalue weighted by molar-refractivity contribution is 0.250. The van der Waals surface area contributed by atoms with Crippen LogP contribution in [-0.2, 0) is 20.1 Å². The molecule has 0 aliphatic heterocycles. The monoisotopic (exact) mass is 260 g/mol. The van der Waals surface area contributed by atoms with Crippen LogP contribution >= 0.6 is 0 Å². The van der Waals surface area contributed by atoms with Crippen LogP contribution in [0.15, 0.2) is 24.3 Å². The van der Waals surface area contributed by atoms with Gasteiger partial charge in [-0.05, 0) is 35.9 Å². The fourth-order valence-electron chi connectivity index (χ4n) is 2.07. The fraction of sp³-hybridized carbons (Fsp3) is 0.462. The molecule has 6 nitrogen and oxygen atoms in total. The molecule has 0 saturated carbocycles.